The molecule has 2 aromatic rings. The topological polar surface area (TPSA) is 141 Å². The lowest BCUT2D eigenvalue weighted by Gasteiger charge is -2.21. The molecule has 138 valence electrons. The minimum absolute atomic E-state index is 0.155. The quantitative estimate of drug-likeness (QED) is 0.451. The summed E-state index contributed by atoms with van der Waals surface area (Å²) in [6.07, 6.45) is 3.22. The van der Waals surface area contributed by atoms with E-state index in [-0.39, 0.29) is 19.5 Å². The first-order valence-corrected chi connectivity index (χ1v) is 7.98. The maximum absolute atomic E-state index is 12.3. The van der Waals surface area contributed by atoms with E-state index >= 15 is 0 Å². The Morgan fingerprint density at radius 2 is 1.96 bits per heavy atom. The summed E-state index contributed by atoms with van der Waals surface area (Å²) >= 11 is 0. The van der Waals surface area contributed by atoms with Crippen LogP contribution in [-0.2, 0) is 27.3 Å². The number of carbonyl (C=O) groups is 3. The van der Waals surface area contributed by atoms with E-state index in [2.05, 4.69) is 15.3 Å². The zero-order valence-electron chi connectivity index (χ0n) is 14.1. The second-order valence-corrected chi connectivity index (χ2v) is 5.81. The van der Waals surface area contributed by atoms with Gasteiger partial charge in [0.15, 0.2) is 0 Å². The zero-order valence-corrected chi connectivity index (χ0v) is 14.1. The van der Waals surface area contributed by atoms with Crippen LogP contribution in [0.4, 0.5) is 0 Å². The molecule has 0 radical (unpaired) electrons. The summed E-state index contributed by atoms with van der Waals surface area (Å²) in [5.74, 6) is -2.22. The summed E-state index contributed by atoms with van der Waals surface area (Å²) in [5, 5.41) is 11.6. The third-order valence-electron chi connectivity index (χ3n) is 3.62. The molecule has 26 heavy (non-hydrogen) atoms. The van der Waals surface area contributed by atoms with E-state index in [0.717, 1.165) is 5.56 Å². The van der Waals surface area contributed by atoms with Gasteiger partial charge in [0, 0.05) is 19.2 Å². The molecule has 0 unspecified atom stereocenters. The van der Waals surface area contributed by atoms with Crippen molar-refractivity contribution in [2.75, 3.05) is 13.1 Å². The summed E-state index contributed by atoms with van der Waals surface area (Å²) < 4.78 is 0. The van der Waals surface area contributed by atoms with Crippen LogP contribution in [-0.4, -0.2) is 56.9 Å². The van der Waals surface area contributed by atoms with E-state index in [9.17, 15) is 14.4 Å². The first-order valence-electron chi connectivity index (χ1n) is 7.98. The van der Waals surface area contributed by atoms with E-state index in [1.165, 1.54) is 11.2 Å². The number of rotatable bonds is 10. The molecular formula is C17H21N5O4. The van der Waals surface area contributed by atoms with Crippen LogP contribution in [0.3, 0.4) is 0 Å². The van der Waals surface area contributed by atoms with Gasteiger partial charge in [-0.05, 0) is 5.56 Å². The Balaban J connectivity index is 1.97. The van der Waals surface area contributed by atoms with Gasteiger partial charge in [-0.2, -0.15) is 0 Å². The summed E-state index contributed by atoms with van der Waals surface area (Å²) in [4.78, 5) is 43.2. The Morgan fingerprint density at radius 1 is 1.23 bits per heavy atom. The molecule has 0 bridgehead atoms. The number of amides is 2. The number of imidazole rings is 1. The smallest absolute Gasteiger partial charge is 0.317 e. The lowest BCUT2D eigenvalue weighted by Crippen LogP contribution is -2.49. The maximum atomic E-state index is 12.3. The minimum atomic E-state index is -1.04. The monoisotopic (exact) mass is 359 g/mol. The lowest BCUT2D eigenvalue weighted by molar-refractivity contribution is -0.139. The van der Waals surface area contributed by atoms with Crippen molar-refractivity contribution in [3.63, 3.8) is 0 Å². The van der Waals surface area contributed by atoms with Crippen LogP contribution < -0.4 is 11.1 Å². The fourth-order valence-corrected chi connectivity index (χ4v) is 2.48. The van der Waals surface area contributed by atoms with Crippen LogP contribution in [0.1, 0.15) is 11.3 Å². The number of hydrogen-bond acceptors (Lipinski definition) is 5. The Bertz CT molecular complexity index is 733. The fourth-order valence-electron chi connectivity index (χ4n) is 2.48. The van der Waals surface area contributed by atoms with Gasteiger partial charge in [-0.15, -0.1) is 0 Å². The minimum Gasteiger partial charge on any atom is -0.480 e. The molecular weight excluding hydrogens is 338 g/mol. The Kier molecular flexibility index (Phi) is 6.86. The third kappa shape index (κ3) is 6.36. The molecule has 0 fully saturated rings. The highest BCUT2D eigenvalue weighted by Gasteiger charge is 2.21. The van der Waals surface area contributed by atoms with Crippen molar-refractivity contribution >= 4 is 17.8 Å². The number of aromatic nitrogens is 2. The van der Waals surface area contributed by atoms with Gasteiger partial charge in [0.1, 0.15) is 6.04 Å². The molecule has 2 rings (SSSR count). The summed E-state index contributed by atoms with van der Waals surface area (Å²) in [5.41, 5.74) is 6.80. The highest BCUT2D eigenvalue weighted by atomic mass is 16.4. The van der Waals surface area contributed by atoms with Gasteiger partial charge in [0.2, 0.25) is 11.8 Å². The van der Waals surface area contributed by atoms with E-state index in [1.54, 1.807) is 6.20 Å². The van der Waals surface area contributed by atoms with Crippen molar-refractivity contribution < 1.29 is 19.5 Å². The van der Waals surface area contributed by atoms with Crippen LogP contribution in [0, 0.1) is 0 Å². The molecule has 9 nitrogen and oxygen atoms in total. The van der Waals surface area contributed by atoms with E-state index in [1.807, 2.05) is 30.3 Å². The number of H-pyrrole nitrogens is 1. The number of carbonyl (C=O) groups excluding carboxylic acids is 2. The standard InChI is InChI=1S/C17H21N5O4/c18-17(26)14(6-13-7-19-11-20-13)21-15(23)9-22(10-16(24)25)8-12-4-2-1-3-5-12/h1-5,7,11,14H,6,8-10H2,(H2,18,26)(H,19,20)(H,21,23)(H,24,25)/t14-/m1/s1. The largest absolute Gasteiger partial charge is 0.480 e. The van der Waals surface area contributed by atoms with E-state index < -0.39 is 23.8 Å². The van der Waals surface area contributed by atoms with Crippen LogP contribution in [0.5, 0.6) is 0 Å². The molecule has 0 aliphatic heterocycles. The predicted molar refractivity (Wildman–Crippen MR) is 92.8 cm³/mol. The van der Waals surface area contributed by atoms with Gasteiger partial charge in [0.05, 0.1) is 25.1 Å². The molecule has 2 amide bonds. The number of primary amides is 1. The number of aromatic amines is 1. The molecule has 1 aromatic heterocycles. The van der Waals surface area contributed by atoms with Crippen LogP contribution in [0.25, 0.3) is 0 Å². The molecule has 9 heteroatoms. The molecule has 1 atom stereocenters. The van der Waals surface area contributed by atoms with Gasteiger partial charge < -0.3 is 21.1 Å². The number of carboxylic acid groups (broad SMARTS) is 1. The van der Waals surface area contributed by atoms with Crippen molar-refractivity contribution in [1.82, 2.24) is 20.2 Å². The van der Waals surface area contributed by atoms with Crippen LogP contribution in [0.2, 0.25) is 0 Å². The van der Waals surface area contributed by atoms with Crippen molar-refractivity contribution in [1.29, 1.82) is 0 Å². The number of aliphatic carboxylic acids is 1. The van der Waals surface area contributed by atoms with E-state index in [4.69, 9.17) is 10.8 Å². The van der Waals surface area contributed by atoms with Crippen molar-refractivity contribution in [2.45, 2.75) is 19.0 Å². The lowest BCUT2D eigenvalue weighted by atomic mass is 10.1. The SMILES string of the molecule is NC(=O)[C@@H](Cc1c[nH]cn1)NC(=O)CN(CC(=O)O)Cc1ccccc1. The first kappa shape index (κ1) is 19.1. The predicted octanol–water partition coefficient (Wildman–Crippen LogP) is -0.491. The number of nitrogens with one attached hydrogen (secondary N) is 2. The highest BCUT2D eigenvalue weighted by molar-refractivity contribution is 5.87. The maximum Gasteiger partial charge on any atom is 0.317 e. The number of nitrogens with zero attached hydrogens (tertiary/aromatic N) is 2. The van der Waals surface area contributed by atoms with Gasteiger partial charge in [0.25, 0.3) is 0 Å². The summed E-state index contributed by atoms with van der Waals surface area (Å²) in [6.45, 7) is -0.185. The normalized spacial score (nSPS) is 11.9. The van der Waals surface area contributed by atoms with Crippen LogP contribution >= 0.6 is 0 Å². The molecule has 0 spiro atoms. The molecule has 0 saturated carbocycles. The van der Waals surface area contributed by atoms with Crippen molar-refractivity contribution in [3.8, 4) is 0 Å². The van der Waals surface area contributed by atoms with Crippen LogP contribution in [0.15, 0.2) is 42.9 Å². The van der Waals surface area contributed by atoms with Crippen molar-refractivity contribution in [2.24, 2.45) is 5.73 Å². The number of carboxylic acids is 1. The molecule has 1 heterocycles. The molecule has 1 aromatic carbocycles. The fraction of sp³-hybridized carbons (Fsp3) is 0.294. The highest BCUT2D eigenvalue weighted by Crippen LogP contribution is 2.05. The third-order valence-corrected chi connectivity index (χ3v) is 3.62. The van der Waals surface area contributed by atoms with Gasteiger partial charge in [-0.3, -0.25) is 19.3 Å². The van der Waals surface area contributed by atoms with Crippen molar-refractivity contribution in [3.05, 3.63) is 54.1 Å². The average molecular weight is 359 g/mol. The Morgan fingerprint density at radius 3 is 2.54 bits per heavy atom. The Hall–Kier alpha value is -3.20. The number of benzene rings is 1. The van der Waals surface area contributed by atoms with Gasteiger partial charge in [-0.1, -0.05) is 30.3 Å². The zero-order chi connectivity index (χ0) is 18.9. The summed E-state index contributed by atoms with van der Waals surface area (Å²) in [7, 11) is 0. The molecule has 0 aliphatic carbocycles. The van der Waals surface area contributed by atoms with Gasteiger partial charge >= 0.3 is 5.97 Å². The van der Waals surface area contributed by atoms with Gasteiger partial charge in [-0.25, -0.2) is 4.98 Å². The average Bonchev–Trinajstić information content (AvgIpc) is 3.07. The first-order chi connectivity index (χ1) is 12.4. The number of hydrogen-bond donors (Lipinski definition) is 4. The molecule has 0 aliphatic rings. The second-order valence-electron chi connectivity index (χ2n) is 5.81. The number of nitrogens with two attached hydrogens (primary N) is 1. The second kappa shape index (κ2) is 9.33. The Labute approximate surface area is 150 Å². The molecule has 5 N–H and O–H groups in total. The van der Waals surface area contributed by atoms with E-state index in [0.29, 0.717) is 12.2 Å². The summed E-state index contributed by atoms with van der Waals surface area (Å²) in [6, 6.07) is 8.29. The molecule has 0 saturated heterocycles.